The van der Waals surface area contributed by atoms with Gasteiger partial charge in [0.05, 0.1) is 12.0 Å². The average molecular weight is 425 g/mol. The molecule has 1 aliphatic heterocycles. The van der Waals surface area contributed by atoms with E-state index in [1.165, 1.54) is 17.0 Å². The van der Waals surface area contributed by atoms with Gasteiger partial charge in [0.2, 0.25) is 11.8 Å². The van der Waals surface area contributed by atoms with Gasteiger partial charge in [0, 0.05) is 37.6 Å². The number of halogens is 4. The van der Waals surface area contributed by atoms with Gasteiger partial charge in [-0.25, -0.2) is 0 Å². The summed E-state index contributed by atoms with van der Waals surface area (Å²) in [6, 6.07) is 12.0. The molecule has 2 aromatic rings. The van der Waals surface area contributed by atoms with Crippen LogP contribution in [0, 0.1) is 0 Å². The van der Waals surface area contributed by atoms with Gasteiger partial charge >= 0.3 is 6.18 Å². The molecule has 2 aromatic carbocycles. The largest absolute Gasteiger partial charge is 0.416 e. The molecular formula is C21H20ClF3N2O2. The van der Waals surface area contributed by atoms with E-state index < -0.39 is 11.7 Å². The molecule has 0 bridgehead atoms. The molecule has 154 valence electrons. The molecule has 1 saturated heterocycles. The minimum atomic E-state index is -4.45. The Morgan fingerprint density at radius 3 is 2.52 bits per heavy atom. The first-order chi connectivity index (χ1) is 13.7. The maximum absolute atomic E-state index is 12.9. The summed E-state index contributed by atoms with van der Waals surface area (Å²) in [4.78, 5) is 28.2. The first-order valence-corrected chi connectivity index (χ1v) is 9.57. The molecule has 1 heterocycles. The van der Waals surface area contributed by atoms with Crippen LogP contribution in [0.4, 0.5) is 13.2 Å². The lowest BCUT2D eigenvalue weighted by molar-refractivity contribution is -0.138. The molecule has 1 aliphatic rings. The maximum atomic E-state index is 12.9. The number of hydrogen-bond acceptors (Lipinski definition) is 2. The Bertz CT molecular complexity index is 901. The molecule has 4 nitrogen and oxygen atoms in total. The van der Waals surface area contributed by atoms with Gasteiger partial charge in [-0.1, -0.05) is 48.0 Å². The molecular weight excluding hydrogens is 405 g/mol. The van der Waals surface area contributed by atoms with E-state index in [0.29, 0.717) is 30.2 Å². The summed E-state index contributed by atoms with van der Waals surface area (Å²) in [7, 11) is 0. The number of alkyl halides is 3. The van der Waals surface area contributed by atoms with Gasteiger partial charge in [0.25, 0.3) is 0 Å². The second kappa shape index (κ2) is 8.86. The van der Waals surface area contributed by atoms with E-state index in [9.17, 15) is 22.8 Å². The van der Waals surface area contributed by atoms with Crippen molar-refractivity contribution in [2.75, 3.05) is 19.6 Å². The average Bonchev–Trinajstić information content (AvgIpc) is 2.85. The lowest BCUT2D eigenvalue weighted by atomic mass is 10.1. The van der Waals surface area contributed by atoms with Crippen LogP contribution in [-0.4, -0.2) is 41.2 Å². The van der Waals surface area contributed by atoms with Crippen molar-refractivity contribution in [2.45, 2.75) is 25.6 Å². The van der Waals surface area contributed by atoms with Gasteiger partial charge in [-0.3, -0.25) is 9.59 Å². The quantitative estimate of drug-likeness (QED) is 0.739. The Kier molecular flexibility index (Phi) is 6.47. The lowest BCUT2D eigenvalue weighted by Gasteiger charge is -2.23. The maximum Gasteiger partial charge on any atom is 0.416 e. The standard InChI is InChI=1S/C21H20ClF3N2O2/c22-18-7-2-1-5-16(18)14-27-11-10-26(9-8-19(27)28)20(29)13-15-4-3-6-17(12-15)21(23,24)25/h1-7,12H,8-11,13-14H2. The van der Waals surface area contributed by atoms with Crippen LogP contribution in [0.1, 0.15) is 23.1 Å². The summed E-state index contributed by atoms with van der Waals surface area (Å²) in [6.07, 6.45) is -4.42. The van der Waals surface area contributed by atoms with Gasteiger partial charge < -0.3 is 9.80 Å². The molecule has 0 atom stereocenters. The van der Waals surface area contributed by atoms with E-state index in [1.54, 1.807) is 11.0 Å². The van der Waals surface area contributed by atoms with Crippen LogP contribution < -0.4 is 0 Å². The van der Waals surface area contributed by atoms with Crippen molar-refractivity contribution in [1.29, 1.82) is 0 Å². The SMILES string of the molecule is O=C(Cc1cccc(C(F)(F)F)c1)N1CCC(=O)N(Cc2ccccc2Cl)CC1. The molecule has 0 unspecified atom stereocenters. The fourth-order valence-electron chi connectivity index (χ4n) is 3.26. The van der Waals surface area contributed by atoms with E-state index in [2.05, 4.69) is 0 Å². The van der Waals surface area contributed by atoms with Gasteiger partial charge in [0.15, 0.2) is 0 Å². The molecule has 0 N–H and O–H groups in total. The highest BCUT2D eigenvalue weighted by molar-refractivity contribution is 6.31. The van der Waals surface area contributed by atoms with Crippen molar-refractivity contribution < 1.29 is 22.8 Å². The van der Waals surface area contributed by atoms with Gasteiger partial charge in [-0.05, 0) is 23.3 Å². The third kappa shape index (κ3) is 5.50. The van der Waals surface area contributed by atoms with E-state index >= 15 is 0 Å². The van der Waals surface area contributed by atoms with E-state index in [0.717, 1.165) is 17.7 Å². The number of nitrogens with zero attached hydrogens (tertiary/aromatic N) is 2. The van der Waals surface area contributed by atoms with Gasteiger partial charge in [0.1, 0.15) is 0 Å². The summed E-state index contributed by atoms with van der Waals surface area (Å²) >= 11 is 6.16. The Morgan fingerprint density at radius 2 is 1.79 bits per heavy atom. The highest BCUT2D eigenvalue weighted by atomic mass is 35.5. The van der Waals surface area contributed by atoms with E-state index in [4.69, 9.17) is 11.6 Å². The van der Waals surface area contributed by atoms with Gasteiger partial charge in [-0.2, -0.15) is 13.2 Å². The summed E-state index contributed by atoms with van der Waals surface area (Å²) in [5.74, 6) is -0.379. The van der Waals surface area contributed by atoms with Crippen LogP contribution in [0.15, 0.2) is 48.5 Å². The third-order valence-corrected chi connectivity index (χ3v) is 5.24. The third-order valence-electron chi connectivity index (χ3n) is 4.87. The zero-order valence-electron chi connectivity index (χ0n) is 15.6. The first-order valence-electron chi connectivity index (χ1n) is 9.19. The van der Waals surface area contributed by atoms with Crippen LogP contribution in [0.25, 0.3) is 0 Å². The van der Waals surface area contributed by atoms with Gasteiger partial charge in [-0.15, -0.1) is 0 Å². The zero-order chi connectivity index (χ0) is 21.0. The fourth-order valence-corrected chi connectivity index (χ4v) is 3.46. The summed E-state index contributed by atoms with van der Waals surface area (Å²) < 4.78 is 38.6. The minimum Gasteiger partial charge on any atom is -0.340 e. The molecule has 0 aliphatic carbocycles. The molecule has 0 spiro atoms. The number of hydrogen-bond donors (Lipinski definition) is 0. The number of carbonyl (C=O) groups excluding carboxylic acids is 2. The highest BCUT2D eigenvalue weighted by Gasteiger charge is 2.31. The smallest absolute Gasteiger partial charge is 0.340 e. The normalized spacial score (nSPS) is 15.4. The molecule has 1 fully saturated rings. The van der Waals surface area contributed by atoms with E-state index in [-0.39, 0.29) is 31.2 Å². The van der Waals surface area contributed by atoms with Crippen molar-refractivity contribution in [2.24, 2.45) is 0 Å². The number of carbonyl (C=O) groups is 2. The lowest BCUT2D eigenvalue weighted by Crippen LogP contribution is -2.36. The summed E-state index contributed by atoms with van der Waals surface area (Å²) in [5, 5.41) is 0.571. The minimum absolute atomic E-state index is 0.0840. The van der Waals surface area contributed by atoms with Crippen molar-refractivity contribution in [1.82, 2.24) is 9.80 Å². The number of amides is 2. The fraction of sp³-hybridized carbons (Fsp3) is 0.333. The molecule has 0 aromatic heterocycles. The van der Waals surface area contributed by atoms with Crippen molar-refractivity contribution in [3.63, 3.8) is 0 Å². The number of benzene rings is 2. The summed E-state index contributed by atoms with van der Waals surface area (Å²) in [5.41, 5.74) is 0.347. The Balaban J connectivity index is 1.63. The van der Waals surface area contributed by atoms with Crippen LogP contribution >= 0.6 is 11.6 Å². The molecule has 0 saturated carbocycles. The summed E-state index contributed by atoms with van der Waals surface area (Å²) in [6.45, 7) is 1.27. The van der Waals surface area contributed by atoms with Crippen molar-refractivity contribution in [3.05, 3.63) is 70.2 Å². The zero-order valence-corrected chi connectivity index (χ0v) is 16.3. The number of rotatable bonds is 4. The molecule has 3 rings (SSSR count). The molecule has 2 amide bonds. The molecule has 8 heteroatoms. The Morgan fingerprint density at radius 1 is 1.03 bits per heavy atom. The van der Waals surface area contributed by atoms with Crippen molar-refractivity contribution >= 4 is 23.4 Å². The Labute approximate surface area is 171 Å². The molecule has 29 heavy (non-hydrogen) atoms. The van der Waals surface area contributed by atoms with E-state index in [1.807, 2.05) is 18.2 Å². The second-order valence-corrected chi connectivity index (χ2v) is 7.32. The second-order valence-electron chi connectivity index (χ2n) is 6.91. The monoisotopic (exact) mass is 424 g/mol. The van der Waals surface area contributed by atoms with Crippen LogP contribution in [0.2, 0.25) is 5.02 Å². The van der Waals surface area contributed by atoms with Crippen LogP contribution in [0.5, 0.6) is 0 Å². The molecule has 0 radical (unpaired) electrons. The predicted octanol–water partition coefficient (Wildman–Crippen LogP) is 4.16. The van der Waals surface area contributed by atoms with Crippen LogP contribution in [0.3, 0.4) is 0 Å². The Hall–Kier alpha value is -2.54. The van der Waals surface area contributed by atoms with Crippen LogP contribution in [-0.2, 0) is 28.7 Å². The first kappa shape index (κ1) is 21.2. The topological polar surface area (TPSA) is 40.6 Å². The highest BCUT2D eigenvalue weighted by Crippen LogP contribution is 2.29. The van der Waals surface area contributed by atoms with Crippen molar-refractivity contribution in [3.8, 4) is 0 Å². The predicted molar refractivity (Wildman–Crippen MR) is 103 cm³/mol.